The van der Waals surface area contributed by atoms with Gasteiger partial charge in [0.2, 0.25) is 5.91 Å². The lowest BCUT2D eigenvalue weighted by atomic mass is 9.53. The summed E-state index contributed by atoms with van der Waals surface area (Å²) in [5, 5.41) is 7.96. The Labute approximate surface area is 158 Å². The van der Waals surface area contributed by atoms with Crippen molar-refractivity contribution in [1.29, 1.82) is 0 Å². The lowest BCUT2D eigenvalue weighted by molar-refractivity contribution is -0.122. The van der Waals surface area contributed by atoms with Crippen LogP contribution in [0.25, 0.3) is 0 Å². The normalized spacial score (nSPS) is 31.9. The van der Waals surface area contributed by atoms with Crippen molar-refractivity contribution in [3.63, 3.8) is 0 Å². The molecule has 4 aliphatic carbocycles. The number of carbonyl (C=O) groups is 2. The largest absolute Gasteiger partial charge is 0.350 e. The van der Waals surface area contributed by atoms with E-state index in [0.29, 0.717) is 0 Å². The lowest BCUT2D eigenvalue weighted by Gasteiger charge is -2.56. The molecule has 0 unspecified atom stereocenters. The molecule has 0 spiro atoms. The van der Waals surface area contributed by atoms with E-state index in [-0.39, 0.29) is 36.9 Å². The molecule has 0 aromatic rings. The van der Waals surface area contributed by atoms with Crippen LogP contribution in [0.3, 0.4) is 0 Å². The smallest absolute Gasteiger partial charge is 0.315 e. The first kappa shape index (κ1) is 21.2. The highest BCUT2D eigenvalue weighted by molar-refractivity contribution is 5.85. The lowest BCUT2D eigenvalue weighted by Crippen LogP contribution is -2.61. The summed E-state index contributed by atoms with van der Waals surface area (Å²) in [7, 11) is 0. The molecule has 3 amide bonds. The first-order chi connectivity index (χ1) is 11.8. The van der Waals surface area contributed by atoms with Gasteiger partial charge in [-0.3, -0.25) is 4.79 Å². The van der Waals surface area contributed by atoms with Crippen molar-refractivity contribution in [3.05, 3.63) is 0 Å². The van der Waals surface area contributed by atoms with E-state index in [1.807, 2.05) is 0 Å². The van der Waals surface area contributed by atoms with Gasteiger partial charge in [-0.05, 0) is 56.3 Å². The van der Waals surface area contributed by atoms with Gasteiger partial charge in [0.15, 0.2) is 0 Å². The number of nitrogens with two attached hydrogens (primary N) is 1. The Morgan fingerprint density at radius 3 is 2.08 bits per heavy atom. The summed E-state index contributed by atoms with van der Waals surface area (Å²) in [6, 6.07) is -0.262. The average Bonchev–Trinajstić information content (AvgIpc) is 2.51. The Kier molecular flexibility index (Phi) is 6.71. The van der Waals surface area contributed by atoms with E-state index in [4.69, 9.17) is 5.73 Å². The Bertz CT molecular complexity index is 498. The standard InChI is InChI=1S/C17H28F2N4O2.ClH/c18-17(19,9-20)10-22-14(24)1-2-21-15(25)23-16-6-11-3-12(7-16)5-13(4-11)8-16;/h11-13H,1-10,20H2,(H,22,24)(H2,21,23,25);1H. The highest BCUT2D eigenvalue weighted by Gasteiger charge is 2.51. The zero-order valence-electron chi connectivity index (χ0n) is 14.9. The molecule has 4 fully saturated rings. The third kappa shape index (κ3) is 5.19. The Hall–Kier alpha value is -1.15. The van der Waals surface area contributed by atoms with E-state index in [0.717, 1.165) is 37.0 Å². The van der Waals surface area contributed by atoms with Gasteiger partial charge in [-0.25, -0.2) is 13.6 Å². The minimum atomic E-state index is -3.10. The predicted molar refractivity (Wildman–Crippen MR) is 96.3 cm³/mol. The highest BCUT2D eigenvalue weighted by Crippen LogP contribution is 2.55. The van der Waals surface area contributed by atoms with Gasteiger partial charge >= 0.3 is 6.03 Å². The summed E-state index contributed by atoms with van der Waals surface area (Å²) >= 11 is 0. The van der Waals surface area contributed by atoms with Gasteiger partial charge in [-0.2, -0.15) is 0 Å². The molecule has 150 valence electrons. The van der Waals surface area contributed by atoms with Crippen LogP contribution in [0.2, 0.25) is 0 Å². The van der Waals surface area contributed by atoms with Crippen molar-refractivity contribution in [1.82, 2.24) is 16.0 Å². The number of carbonyl (C=O) groups excluding carboxylic acids is 2. The monoisotopic (exact) mass is 394 g/mol. The molecule has 4 rings (SSSR count). The van der Waals surface area contributed by atoms with Gasteiger partial charge in [0, 0.05) is 18.5 Å². The van der Waals surface area contributed by atoms with Crippen LogP contribution >= 0.6 is 12.4 Å². The molecule has 0 saturated heterocycles. The second-order valence-electron chi connectivity index (χ2n) is 8.17. The van der Waals surface area contributed by atoms with E-state index in [2.05, 4.69) is 16.0 Å². The number of hydrogen-bond acceptors (Lipinski definition) is 3. The van der Waals surface area contributed by atoms with Crippen LogP contribution < -0.4 is 21.7 Å². The molecular formula is C17H29ClF2N4O2. The molecule has 6 nitrogen and oxygen atoms in total. The molecule has 0 atom stereocenters. The van der Waals surface area contributed by atoms with Crippen molar-refractivity contribution in [2.24, 2.45) is 23.5 Å². The Morgan fingerprint density at radius 1 is 1.04 bits per heavy atom. The van der Waals surface area contributed by atoms with Crippen molar-refractivity contribution >= 4 is 24.3 Å². The van der Waals surface area contributed by atoms with Crippen molar-refractivity contribution in [2.75, 3.05) is 19.6 Å². The zero-order valence-corrected chi connectivity index (χ0v) is 15.7. The second-order valence-corrected chi connectivity index (χ2v) is 8.17. The van der Waals surface area contributed by atoms with Crippen LogP contribution in [0.4, 0.5) is 13.6 Å². The van der Waals surface area contributed by atoms with E-state index < -0.39 is 24.9 Å². The summed E-state index contributed by atoms with van der Waals surface area (Å²) in [6.45, 7) is -1.46. The molecule has 26 heavy (non-hydrogen) atoms. The molecule has 4 bridgehead atoms. The van der Waals surface area contributed by atoms with Gasteiger partial charge < -0.3 is 21.7 Å². The van der Waals surface area contributed by atoms with Gasteiger partial charge in [0.1, 0.15) is 0 Å². The summed E-state index contributed by atoms with van der Waals surface area (Å²) < 4.78 is 25.9. The topological polar surface area (TPSA) is 96.2 Å². The SMILES string of the molecule is Cl.NCC(F)(F)CNC(=O)CCNC(=O)NC12CC3CC(CC(C3)C1)C2. The second kappa shape index (κ2) is 8.25. The van der Waals surface area contributed by atoms with E-state index in [9.17, 15) is 18.4 Å². The molecule has 5 N–H and O–H groups in total. The molecule has 0 aromatic heterocycles. The Balaban J connectivity index is 0.00000243. The molecule has 0 heterocycles. The summed E-state index contributed by atoms with van der Waals surface area (Å²) in [6.07, 6.45) is 7.04. The number of halogens is 3. The van der Waals surface area contributed by atoms with Gasteiger partial charge in [-0.1, -0.05) is 0 Å². The number of amides is 3. The van der Waals surface area contributed by atoms with E-state index in [1.54, 1.807) is 0 Å². The third-order valence-electron chi connectivity index (χ3n) is 5.90. The van der Waals surface area contributed by atoms with E-state index in [1.165, 1.54) is 19.3 Å². The fourth-order valence-corrected chi connectivity index (χ4v) is 5.23. The molecular weight excluding hydrogens is 366 g/mol. The average molecular weight is 395 g/mol. The maximum atomic E-state index is 13.0. The van der Waals surface area contributed by atoms with Gasteiger partial charge in [-0.15, -0.1) is 12.4 Å². The zero-order chi connectivity index (χ0) is 18.1. The highest BCUT2D eigenvalue weighted by atomic mass is 35.5. The molecule has 0 radical (unpaired) electrons. The van der Waals surface area contributed by atoms with Crippen LogP contribution in [0.15, 0.2) is 0 Å². The van der Waals surface area contributed by atoms with Crippen LogP contribution in [0.5, 0.6) is 0 Å². The number of urea groups is 1. The van der Waals surface area contributed by atoms with Crippen LogP contribution in [0, 0.1) is 17.8 Å². The number of alkyl halides is 2. The Morgan fingerprint density at radius 2 is 1.58 bits per heavy atom. The fourth-order valence-electron chi connectivity index (χ4n) is 5.23. The summed E-state index contributed by atoms with van der Waals surface area (Å²) in [5.41, 5.74) is 4.83. The van der Waals surface area contributed by atoms with Crippen molar-refractivity contribution in [2.45, 2.75) is 56.4 Å². The molecule has 4 saturated carbocycles. The van der Waals surface area contributed by atoms with Crippen molar-refractivity contribution < 1.29 is 18.4 Å². The number of rotatable bonds is 7. The fraction of sp³-hybridized carbons (Fsp3) is 0.882. The third-order valence-corrected chi connectivity index (χ3v) is 5.90. The van der Waals surface area contributed by atoms with Crippen molar-refractivity contribution in [3.8, 4) is 0 Å². The summed E-state index contributed by atoms with van der Waals surface area (Å²) in [4.78, 5) is 23.7. The van der Waals surface area contributed by atoms with Gasteiger partial charge in [0.25, 0.3) is 5.92 Å². The molecule has 0 aromatic carbocycles. The quantitative estimate of drug-likeness (QED) is 0.530. The molecule has 9 heteroatoms. The van der Waals surface area contributed by atoms with Crippen LogP contribution in [-0.4, -0.2) is 43.0 Å². The van der Waals surface area contributed by atoms with Gasteiger partial charge in [0.05, 0.1) is 13.1 Å². The minimum absolute atomic E-state index is 0. The van der Waals surface area contributed by atoms with Crippen LogP contribution in [-0.2, 0) is 4.79 Å². The molecule has 4 aliphatic rings. The number of nitrogens with one attached hydrogen (secondary N) is 3. The number of hydrogen-bond donors (Lipinski definition) is 4. The van der Waals surface area contributed by atoms with Crippen LogP contribution in [0.1, 0.15) is 44.9 Å². The predicted octanol–water partition coefficient (Wildman–Crippen LogP) is 1.78. The minimum Gasteiger partial charge on any atom is -0.350 e. The summed E-state index contributed by atoms with van der Waals surface area (Å²) in [5.74, 6) is -1.41. The maximum Gasteiger partial charge on any atom is 0.315 e. The first-order valence-electron chi connectivity index (χ1n) is 9.20. The first-order valence-corrected chi connectivity index (χ1v) is 9.20. The van der Waals surface area contributed by atoms with E-state index >= 15 is 0 Å². The maximum absolute atomic E-state index is 13.0. The molecule has 0 aliphatic heterocycles.